The molecule has 4 rings (SSSR count). The molecule has 4 aliphatic rings. The lowest BCUT2D eigenvalue weighted by atomic mass is 9.44. The topological polar surface area (TPSA) is 41.6 Å². The molecule has 1 amide bonds. The number of piperazine rings is 1. The number of fused-ring (bicyclic) bond motifs is 2. The van der Waals surface area contributed by atoms with Crippen molar-refractivity contribution in [2.24, 2.45) is 23.2 Å². The third-order valence-corrected chi connectivity index (χ3v) is 6.29. The van der Waals surface area contributed by atoms with Crippen molar-refractivity contribution < 1.29 is 9.53 Å². The molecule has 0 aromatic carbocycles. The summed E-state index contributed by atoms with van der Waals surface area (Å²) in [6.07, 6.45) is 3.92. The number of hydrogen-bond acceptors (Lipinski definition) is 3. The highest BCUT2D eigenvalue weighted by molar-refractivity contribution is 5.68. The number of ether oxygens (including phenoxy) is 1. The van der Waals surface area contributed by atoms with Gasteiger partial charge >= 0.3 is 6.09 Å². The van der Waals surface area contributed by atoms with Crippen LogP contribution in [0.15, 0.2) is 0 Å². The van der Waals surface area contributed by atoms with Crippen LogP contribution in [0, 0.1) is 23.2 Å². The molecule has 4 heteroatoms. The Labute approximate surface area is 135 Å². The molecule has 4 fully saturated rings. The molecule has 0 aromatic heterocycles. The molecule has 126 valence electrons. The molecule has 1 N–H and O–H groups in total. The molecular formula is C18H32N2O2. The Kier molecular flexibility index (Phi) is 3.95. The highest BCUT2D eigenvalue weighted by Gasteiger charge is 2.56. The fourth-order valence-electron chi connectivity index (χ4n) is 4.91. The van der Waals surface area contributed by atoms with Crippen molar-refractivity contribution in [3.8, 4) is 0 Å². The van der Waals surface area contributed by atoms with Crippen LogP contribution in [-0.2, 0) is 4.74 Å². The van der Waals surface area contributed by atoms with E-state index in [0.717, 1.165) is 31.5 Å². The highest BCUT2D eigenvalue weighted by atomic mass is 16.6. The average Bonchev–Trinajstić information content (AvgIpc) is 2.45. The lowest BCUT2D eigenvalue weighted by Crippen LogP contribution is -2.62. The molecule has 4 atom stereocenters. The molecular weight excluding hydrogens is 276 g/mol. The number of nitrogens with zero attached hydrogens (tertiary/aromatic N) is 1. The average molecular weight is 308 g/mol. The number of carbonyl (C=O) groups is 1. The first kappa shape index (κ1) is 16.1. The summed E-state index contributed by atoms with van der Waals surface area (Å²) in [7, 11) is 0. The summed E-state index contributed by atoms with van der Waals surface area (Å²) in [6.45, 7) is 13.1. The third kappa shape index (κ3) is 2.86. The lowest BCUT2D eigenvalue weighted by Gasteiger charge is -2.62. The summed E-state index contributed by atoms with van der Waals surface area (Å²) >= 11 is 0. The quantitative estimate of drug-likeness (QED) is 0.808. The van der Waals surface area contributed by atoms with Gasteiger partial charge in [0.1, 0.15) is 5.60 Å². The van der Waals surface area contributed by atoms with Crippen LogP contribution in [0.3, 0.4) is 0 Å². The molecule has 1 saturated heterocycles. The van der Waals surface area contributed by atoms with E-state index < -0.39 is 5.60 Å². The Balaban J connectivity index is 1.62. The Morgan fingerprint density at radius 3 is 2.59 bits per heavy atom. The van der Waals surface area contributed by atoms with Gasteiger partial charge in [-0.25, -0.2) is 4.79 Å². The van der Waals surface area contributed by atoms with Crippen LogP contribution in [-0.4, -0.2) is 42.3 Å². The Morgan fingerprint density at radius 1 is 1.27 bits per heavy atom. The van der Waals surface area contributed by atoms with Crippen molar-refractivity contribution in [3.63, 3.8) is 0 Å². The number of nitrogens with one attached hydrogen (secondary N) is 1. The van der Waals surface area contributed by atoms with Crippen molar-refractivity contribution in [1.29, 1.82) is 0 Å². The molecule has 0 aromatic rings. The van der Waals surface area contributed by atoms with Gasteiger partial charge in [0.2, 0.25) is 0 Å². The Morgan fingerprint density at radius 2 is 2.00 bits per heavy atom. The van der Waals surface area contributed by atoms with E-state index in [1.54, 1.807) is 0 Å². The van der Waals surface area contributed by atoms with Gasteiger partial charge in [-0.3, -0.25) is 0 Å². The standard InChI is InChI=1S/C18H32N2O2/c1-17(2,3)22-16(21)20-9-8-19-15(11-20)13-7-6-12-10-14(13)18(12,4)5/h12-15,19H,6-11H2,1-5H3. The lowest BCUT2D eigenvalue weighted by molar-refractivity contribution is -0.118. The van der Waals surface area contributed by atoms with Gasteiger partial charge in [0.25, 0.3) is 0 Å². The summed E-state index contributed by atoms with van der Waals surface area (Å²) < 4.78 is 5.55. The van der Waals surface area contributed by atoms with Crippen LogP contribution in [0.25, 0.3) is 0 Å². The van der Waals surface area contributed by atoms with Crippen LogP contribution in [0.1, 0.15) is 53.9 Å². The normalized spacial score (nSPS) is 37.4. The zero-order chi connectivity index (χ0) is 16.1. The zero-order valence-corrected chi connectivity index (χ0v) is 14.8. The minimum absolute atomic E-state index is 0.152. The number of rotatable bonds is 1. The van der Waals surface area contributed by atoms with Crippen molar-refractivity contribution in [3.05, 3.63) is 0 Å². The Bertz CT molecular complexity index is 439. The minimum atomic E-state index is -0.411. The SMILES string of the molecule is CC(C)(C)OC(=O)N1CCNC(C2CCC3CC2C3(C)C)C1. The summed E-state index contributed by atoms with van der Waals surface area (Å²) in [4.78, 5) is 14.2. The van der Waals surface area contributed by atoms with Crippen LogP contribution in [0.2, 0.25) is 0 Å². The van der Waals surface area contributed by atoms with Gasteiger partial charge in [0.15, 0.2) is 0 Å². The maximum absolute atomic E-state index is 12.3. The van der Waals surface area contributed by atoms with E-state index in [1.807, 2.05) is 25.7 Å². The van der Waals surface area contributed by atoms with E-state index in [0.29, 0.717) is 17.4 Å². The number of hydrogen-bond donors (Lipinski definition) is 1. The molecule has 4 unspecified atom stereocenters. The second-order valence-corrected chi connectivity index (χ2v) is 9.09. The second-order valence-electron chi connectivity index (χ2n) is 9.09. The predicted molar refractivity (Wildman–Crippen MR) is 87.7 cm³/mol. The molecule has 0 radical (unpaired) electrons. The van der Waals surface area contributed by atoms with E-state index >= 15 is 0 Å². The summed E-state index contributed by atoms with van der Waals surface area (Å²) in [6, 6.07) is 0.437. The van der Waals surface area contributed by atoms with Crippen LogP contribution in [0.5, 0.6) is 0 Å². The van der Waals surface area contributed by atoms with Crippen molar-refractivity contribution >= 4 is 6.09 Å². The summed E-state index contributed by atoms with van der Waals surface area (Å²) in [5.74, 6) is 2.46. The van der Waals surface area contributed by atoms with Gasteiger partial charge in [0.05, 0.1) is 0 Å². The predicted octanol–water partition coefficient (Wildman–Crippen LogP) is 3.27. The molecule has 1 heterocycles. The fraction of sp³-hybridized carbons (Fsp3) is 0.944. The summed E-state index contributed by atoms with van der Waals surface area (Å²) in [5.41, 5.74) is 0.0876. The van der Waals surface area contributed by atoms with Crippen LogP contribution < -0.4 is 5.32 Å². The van der Waals surface area contributed by atoms with Crippen molar-refractivity contribution in [1.82, 2.24) is 10.2 Å². The monoisotopic (exact) mass is 308 g/mol. The second kappa shape index (κ2) is 5.40. The maximum Gasteiger partial charge on any atom is 0.410 e. The number of carbonyl (C=O) groups excluding carboxylic acids is 1. The minimum Gasteiger partial charge on any atom is -0.444 e. The van der Waals surface area contributed by atoms with E-state index in [-0.39, 0.29) is 6.09 Å². The van der Waals surface area contributed by atoms with Gasteiger partial charge in [-0.2, -0.15) is 0 Å². The zero-order valence-electron chi connectivity index (χ0n) is 14.8. The van der Waals surface area contributed by atoms with Gasteiger partial charge in [-0.15, -0.1) is 0 Å². The van der Waals surface area contributed by atoms with Gasteiger partial charge in [-0.05, 0) is 63.2 Å². The maximum atomic E-state index is 12.3. The smallest absolute Gasteiger partial charge is 0.410 e. The molecule has 4 nitrogen and oxygen atoms in total. The molecule has 3 aliphatic carbocycles. The molecule has 0 spiro atoms. The number of amides is 1. The first-order valence-electron chi connectivity index (χ1n) is 8.90. The molecule has 22 heavy (non-hydrogen) atoms. The van der Waals surface area contributed by atoms with Crippen molar-refractivity contribution in [2.75, 3.05) is 19.6 Å². The largest absolute Gasteiger partial charge is 0.444 e. The third-order valence-electron chi connectivity index (χ3n) is 6.29. The van der Waals surface area contributed by atoms with Crippen molar-refractivity contribution in [2.45, 2.75) is 65.5 Å². The van der Waals surface area contributed by atoms with Gasteiger partial charge in [0, 0.05) is 25.7 Å². The first-order valence-corrected chi connectivity index (χ1v) is 8.90. The van der Waals surface area contributed by atoms with E-state index in [1.165, 1.54) is 19.3 Å². The first-order chi connectivity index (χ1) is 10.2. The highest BCUT2D eigenvalue weighted by Crippen LogP contribution is 2.62. The van der Waals surface area contributed by atoms with Gasteiger partial charge in [-0.1, -0.05) is 13.8 Å². The molecule has 1 aliphatic heterocycles. The van der Waals surface area contributed by atoms with E-state index in [4.69, 9.17) is 4.74 Å². The van der Waals surface area contributed by atoms with E-state index in [2.05, 4.69) is 19.2 Å². The van der Waals surface area contributed by atoms with E-state index in [9.17, 15) is 4.79 Å². The molecule has 2 bridgehead atoms. The van der Waals surface area contributed by atoms with Crippen LogP contribution >= 0.6 is 0 Å². The van der Waals surface area contributed by atoms with Gasteiger partial charge < -0.3 is 15.0 Å². The van der Waals surface area contributed by atoms with Crippen LogP contribution in [0.4, 0.5) is 4.79 Å². The summed E-state index contributed by atoms with van der Waals surface area (Å²) in [5, 5.41) is 3.68. The Hall–Kier alpha value is -0.770. The fourth-order valence-corrected chi connectivity index (χ4v) is 4.91. The molecule has 3 saturated carbocycles.